The molecule has 2 nitrogen and oxygen atoms in total. The maximum Gasteiger partial charge on any atom is 0.0639 e. The Bertz CT molecular complexity index is 284. The molecule has 0 spiro atoms. The first kappa shape index (κ1) is 13.3. The summed E-state index contributed by atoms with van der Waals surface area (Å²) >= 11 is 5.79. The van der Waals surface area contributed by atoms with E-state index in [1.807, 2.05) is 24.3 Å². The van der Waals surface area contributed by atoms with E-state index in [2.05, 4.69) is 19.2 Å². The van der Waals surface area contributed by atoms with Crippen molar-refractivity contribution in [2.45, 2.75) is 20.3 Å². The van der Waals surface area contributed by atoms with Crippen LogP contribution in [0.15, 0.2) is 24.3 Å². The molecule has 1 aromatic carbocycles. The average Bonchev–Trinajstić information content (AvgIpc) is 2.25. The second kappa shape index (κ2) is 7.53. The van der Waals surface area contributed by atoms with Gasteiger partial charge in [0.05, 0.1) is 6.61 Å². The monoisotopic (exact) mass is 241 g/mol. The molecule has 0 atom stereocenters. The van der Waals surface area contributed by atoms with Crippen LogP contribution in [0.4, 0.5) is 5.69 Å². The van der Waals surface area contributed by atoms with Crippen molar-refractivity contribution in [2.75, 3.05) is 25.1 Å². The lowest BCUT2D eigenvalue weighted by Crippen LogP contribution is -2.10. The van der Waals surface area contributed by atoms with Crippen molar-refractivity contribution >= 4 is 17.3 Å². The number of hydrogen-bond acceptors (Lipinski definition) is 2. The van der Waals surface area contributed by atoms with E-state index in [1.54, 1.807) is 0 Å². The Morgan fingerprint density at radius 3 is 2.50 bits per heavy atom. The quantitative estimate of drug-likeness (QED) is 0.733. The maximum absolute atomic E-state index is 5.79. The van der Waals surface area contributed by atoms with Crippen LogP contribution in [-0.4, -0.2) is 19.8 Å². The third-order valence-electron chi connectivity index (χ3n) is 2.26. The summed E-state index contributed by atoms with van der Waals surface area (Å²) in [5.41, 5.74) is 1.08. The van der Waals surface area contributed by atoms with Crippen molar-refractivity contribution in [1.82, 2.24) is 0 Å². The van der Waals surface area contributed by atoms with Crippen LogP contribution in [0, 0.1) is 5.92 Å². The van der Waals surface area contributed by atoms with Crippen molar-refractivity contribution < 1.29 is 4.74 Å². The third-order valence-corrected chi connectivity index (χ3v) is 2.51. The Morgan fingerprint density at radius 1 is 1.19 bits per heavy atom. The largest absolute Gasteiger partial charge is 0.383 e. The van der Waals surface area contributed by atoms with Crippen LogP contribution in [0.25, 0.3) is 0 Å². The fourth-order valence-electron chi connectivity index (χ4n) is 1.26. The van der Waals surface area contributed by atoms with Crippen LogP contribution < -0.4 is 5.32 Å². The summed E-state index contributed by atoms with van der Waals surface area (Å²) < 4.78 is 5.50. The van der Waals surface area contributed by atoms with Crippen LogP contribution >= 0.6 is 11.6 Å². The van der Waals surface area contributed by atoms with Crippen molar-refractivity contribution in [3.63, 3.8) is 0 Å². The molecule has 0 aliphatic heterocycles. The molecule has 0 unspecified atom stereocenters. The van der Waals surface area contributed by atoms with E-state index in [4.69, 9.17) is 16.3 Å². The standard InChI is InChI=1S/C13H20ClNO/c1-11(2)7-9-16-10-8-15-13-5-3-12(14)4-6-13/h3-6,11,15H,7-10H2,1-2H3. The molecule has 0 aromatic heterocycles. The molecule has 1 N–H and O–H groups in total. The number of benzene rings is 1. The highest BCUT2D eigenvalue weighted by Gasteiger charge is 1.94. The van der Waals surface area contributed by atoms with E-state index < -0.39 is 0 Å². The number of hydrogen-bond donors (Lipinski definition) is 1. The number of ether oxygens (including phenoxy) is 1. The summed E-state index contributed by atoms with van der Waals surface area (Å²) in [5, 5.41) is 4.04. The van der Waals surface area contributed by atoms with Gasteiger partial charge in [0.2, 0.25) is 0 Å². The van der Waals surface area contributed by atoms with Crippen molar-refractivity contribution in [3.8, 4) is 0 Å². The topological polar surface area (TPSA) is 21.3 Å². The molecule has 0 heterocycles. The zero-order valence-corrected chi connectivity index (χ0v) is 10.8. The van der Waals surface area contributed by atoms with Gasteiger partial charge in [-0.1, -0.05) is 25.4 Å². The minimum atomic E-state index is 0.712. The first-order chi connectivity index (χ1) is 7.68. The van der Waals surface area contributed by atoms with Gasteiger partial charge in [0.15, 0.2) is 0 Å². The van der Waals surface area contributed by atoms with Crippen molar-refractivity contribution in [2.24, 2.45) is 5.92 Å². The van der Waals surface area contributed by atoms with E-state index in [0.717, 1.165) is 36.9 Å². The molecule has 16 heavy (non-hydrogen) atoms. The molecule has 3 heteroatoms. The number of nitrogens with one attached hydrogen (secondary N) is 1. The van der Waals surface area contributed by atoms with E-state index in [9.17, 15) is 0 Å². The molecular weight excluding hydrogens is 222 g/mol. The number of halogens is 1. The van der Waals surface area contributed by atoms with E-state index in [0.29, 0.717) is 5.92 Å². The predicted molar refractivity (Wildman–Crippen MR) is 70.2 cm³/mol. The lowest BCUT2D eigenvalue weighted by molar-refractivity contribution is 0.132. The van der Waals surface area contributed by atoms with Gasteiger partial charge in [0, 0.05) is 23.9 Å². The molecule has 0 aliphatic carbocycles. The fourth-order valence-corrected chi connectivity index (χ4v) is 1.38. The zero-order chi connectivity index (χ0) is 11.8. The van der Waals surface area contributed by atoms with Crippen molar-refractivity contribution in [1.29, 1.82) is 0 Å². The SMILES string of the molecule is CC(C)CCOCCNc1ccc(Cl)cc1. The van der Waals surface area contributed by atoms with Gasteiger partial charge in [-0.2, -0.15) is 0 Å². The third kappa shape index (κ3) is 5.99. The lowest BCUT2D eigenvalue weighted by Gasteiger charge is -2.08. The average molecular weight is 242 g/mol. The van der Waals surface area contributed by atoms with Gasteiger partial charge in [-0.3, -0.25) is 0 Å². The normalized spacial score (nSPS) is 10.8. The summed E-state index contributed by atoms with van der Waals surface area (Å²) in [6.45, 7) is 6.83. The molecule has 0 saturated carbocycles. The van der Waals surface area contributed by atoms with E-state index in [1.165, 1.54) is 0 Å². The predicted octanol–water partition coefficient (Wildman–Crippen LogP) is 3.81. The first-order valence-corrected chi connectivity index (χ1v) is 6.13. The Hall–Kier alpha value is -0.730. The van der Waals surface area contributed by atoms with Gasteiger partial charge in [-0.25, -0.2) is 0 Å². The molecule has 1 rings (SSSR count). The van der Waals surface area contributed by atoms with E-state index >= 15 is 0 Å². The Labute approximate surface area is 103 Å². The number of anilines is 1. The molecule has 0 fully saturated rings. The van der Waals surface area contributed by atoms with Gasteiger partial charge < -0.3 is 10.1 Å². The van der Waals surface area contributed by atoms with Crippen LogP contribution in [-0.2, 0) is 4.74 Å². The first-order valence-electron chi connectivity index (χ1n) is 5.75. The second-order valence-corrected chi connectivity index (χ2v) is 4.66. The Morgan fingerprint density at radius 2 is 1.88 bits per heavy atom. The molecule has 0 aliphatic rings. The molecule has 90 valence electrons. The maximum atomic E-state index is 5.79. The second-order valence-electron chi connectivity index (χ2n) is 4.23. The smallest absolute Gasteiger partial charge is 0.0639 e. The fraction of sp³-hybridized carbons (Fsp3) is 0.538. The molecule has 1 aromatic rings. The van der Waals surface area contributed by atoms with Crippen LogP contribution in [0.5, 0.6) is 0 Å². The highest BCUT2D eigenvalue weighted by atomic mass is 35.5. The van der Waals surface area contributed by atoms with Gasteiger partial charge in [-0.05, 0) is 36.6 Å². The summed E-state index contributed by atoms with van der Waals surface area (Å²) in [4.78, 5) is 0. The Kier molecular flexibility index (Phi) is 6.27. The Balaban J connectivity index is 2.05. The highest BCUT2D eigenvalue weighted by Crippen LogP contribution is 2.12. The molecule has 0 bridgehead atoms. The summed E-state index contributed by atoms with van der Waals surface area (Å²) in [7, 11) is 0. The summed E-state index contributed by atoms with van der Waals surface area (Å²) in [6, 6.07) is 7.69. The number of rotatable bonds is 7. The van der Waals surface area contributed by atoms with Crippen LogP contribution in [0.3, 0.4) is 0 Å². The van der Waals surface area contributed by atoms with Gasteiger partial charge >= 0.3 is 0 Å². The minimum absolute atomic E-state index is 0.712. The van der Waals surface area contributed by atoms with E-state index in [-0.39, 0.29) is 0 Å². The van der Waals surface area contributed by atoms with Gasteiger partial charge in [-0.15, -0.1) is 0 Å². The van der Waals surface area contributed by atoms with Gasteiger partial charge in [0.25, 0.3) is 0 Å². The highest BCUT2D eigenvalue weighted by molar-refractivity contribution is 6.30. The zero-order valence-electron chi connectivity index (χ0n) is 10.0. The molecule has 0 radical (unpaired) electrons. The minimum Gasteiger partial charge on any atom is -0.383 e. The molecule has 0 amide bonds. The summed E-state index contributed by atoms with van der Waals surface area (Å²) in [5.74, 6) is 0.712. The molecular formula is C13H20ClNO. The van der Waals surface area contributed by atoms with Crippen molar-refractivity contribution in [3.05, 3.63) is 29.3 Å². The van der Waals surface area contributed by atoms with Gasteiger partial charge in [0.1, 0.15) is 0 Å². The molecule has 0 saturated heterocycles. The lowest BCUT2D eigenvalue weighted by atomic mass is 10.1. The van der Waals surface area contributed by atoms with Crippen LogP contribution in [0.2, 0.25) is 5.02 Å². The van der Waals surface area contributed by atoms with Crippen LogP contribution in [0.1, 0.15) is 20.3 Å². The summed E-state index contributed by atoms with van der Waals surface area (Å²) in [6.07, 6.45) is 1.13.